The van der Waals surface area contributed by atoms with Crippen LogP contribution in [0, 0.1) is 0 Å². The van der Waals surface area contributed by atoms with E-state index in [9.17, 15) is 4.79 Å². The van der Waals surface area contributed by atoms with Gasteiger partial charge in [-0.15, -0.1) is 0 Å². The van der Waals surface area contributed by atoms with E-state index in [1.54, 1.807) is 6.33 Å². The molecule has 1 aromatic carbocycles. The van der Waals surface area contributed by atoms with Gasteiger partial charge in [-0.05, 0) is 25.0 Å². The molecular weight excluding hydrogens is 252 g/mol. The molecule has 0 spiro atoms. The number of nitrogens with zero attached hydrogens (tertiary/aromatic N) is 2. The van der Waals surface area contributed by atoms with Gasteiger partial charge in [0.05, 0.1) is 12.0 Å². The summed E-state index contributed by atoms with van der Waals surface area (Å²) in [6.07, 6.45) is 6.15. The summed E-state index contributed by atoms with van der Waals surface area (Å²) in [5.74, 6) is -0.0460. The molecule has 0 aliphatic heterocycles. The van der Waals surface area contributed by atoms with Crippen LogP contribution in [0.5, 0.6) is 0 Å². The van der Waals surface area contributed by atoms with E-state index in [4.69, 9.17) is 0 Å². The Hall–Kier alpha value is -2.14. The van der Waals surface area contributed by atoms with Crippen molar-refractivity contribution < 1.29 is 4.79 Å². The van der Waals surface area contributed by atoms with Crippen LogP contribution in [0.3, 0.4) is 0 Å². The lowest BCUT2D eigenvalue weighted by atomic mass is 10.3. The fraction of sp³-hybridized carbons (Fsp3) is 0.333. The van der Waals surface area contributed by atoms with Gasteiger partial charge in [0.25, 0.3) is 0 Å². The molecule has 0 saturated heterocycles. The largest absolute Gasteiger partial charge is 0.328 e. The van der Waals surface area contributed by atoms with Crippen molar-refractivity contribution in [3.63, 3.8) is 0 Å². The van der Waals surface area contributed by atoms with Gasteiger partial charge in [0.15, 0.2) is 0 Å². The summed E-state index contributed by atoms with van der Waals surface area (Å²) in [6, 6.07) is 10.1. The SMILES string of the molecule is O=C(Cn1cnc(CNC2CC2)c1)Nc1ccccc1. The molecule has 2 N–H and O–H groups in total. The van der Waals surface area contributed by atoms with Crippen molar-refractivity contribution in [3.8, 4) is 0 Å². The molecule has 104 valence electrons. The third-order valence-corrected chi connectivity index (χ3v) is 3.22. The van der Waals surface area contributed by atoms with Crippen LogP contribution in [0.15, 0.2) is 42.9 Å². The predicted molar refractivity (Wildman–Crippen MR) is 77.2 cm³/mol. The number of carbonyl (C=O) groups is 1. The highest BCUT2D eigenvalue weighted by molar-refractivity contribution is 5.90. The van der Waals surface area contributed by atoms with Crippen LogP contribution in [0.2, 0.25) is 0 Å². The van der Waals surface area contributed by atoms with Crippen LogP contribution in [-0.2, 0) is 17.9 Å². The van der Waals surface area contributed by atoms with Crippen LogP contribution in [0.25, 0.3) is 0 Å². The van der Waals surface area contributed by atoms with Gasteiger partial charge in [0, 0.05) is 24.5 Å². The first-order chi connectivity index (χ1) is 9.79. The first-order valence-corrected chi connectivity index (χ1v) is 6.88. The number of imidazole rings is 1. The van der Waals surface area contributed by atoms with Gasteiger partial charge in [-0.1, -0.05) is 18.2 Å². The molecule has 0 radical (unpaired) electrons. The Balaban J connectivity index is 1.50. The Labute approximate surface area is 118 Å². The molecule has 1 saturated carbocycles. The summed E-state index contributed by atoms with van der Waals surface area (Å²) in [7, 11) is 0. The minimum absolute atomic E-state index is 0.0460. The first-order valence-electron chi connectivity index (χ1n) is 6.88. The number of amides is 1. The third-order valence-electron chi connectivity index (χ3n) is 3.22. The summed E-state index contributed by atoms with van der Waals surface area (Å²) >= 11 is 0. The maximum Gasteiger partial charge on any atom is 0.244 e. The zero-order chi connectivity index (χ0) is 13.8. The Morgan fingerprint density at radius 2 is 2.10 bits per heavy atom. The van der Waals surface area contributed by atoms with Crippen LogP contribution >= 0.6 is 0 Å². The van der Waals surface area contributed by atoms with E-state index < -0.39 is 0 Å². The molecule has 0 atom stereocenters. The van der Waals surface area contributed by atoms with Gasteiger partial charge in [-0.25, -0.2) is 4.98 Å². The molecule has 3 rings (SSSR count). The highest BCUT2D eigenvalue weighted by Gasteiger charge is 2.20. The first kappa shape index (κ1) is 12.9. The summed E-state index contributed by atoms with van der Waals surface area (Å²) < 4.78 is 1.81. The molecule has 20 heavy (non-hydrogen) atoms. The average Bonchev–Trinajstić information content (AvgIpc) is 3.18. The molecular formula is C15H18N4O. The van der Waals surface area contributed by atoms with Crippen molar-refractivity contribution in [1.82, 2.24) is 14.9 Å². The number of benzene rings is 1. The lowest BCUT2D eigenvalue weighted by Crippen LogP contribution is -2.18. The summed E-state index contributed by atoms with van der Waals surface area (Å²) in [5.41, 5.74) is 1.79. The molecule has 1 heterocycles. The molecule has 0 bridgehead atoms. The zero-order valence-electron chi connectivity index (χ0n) is 11.2. The fourth-order valence-electron chi connectivity index (χ4n) is 2.01. The lowest BCUT2D eigenvalue weighted by Gasteiger charge is -2.05. The number of carbonyl (C=O) groups excluding carboxylic acids is 1. The molecule has 1 aliphatic rings. The second kappa shape index (κ2) is 5.88. The minimum atomic E-state index is -0.0460. The van der Waals surface area contributed by atoms with Crippen LogP contribution in [0.1, 0.15) is 18.5 Å². The van der Waals surface area contributed by atoms with E-state index in [0.29, 0.717) is 6.04 Å². The second-order valence-electron chi connectivity index (χ2n) is 5.11. The van der Waals surface area contributed by atoms with E-state index in [1.807, 2.05) is 41.1 Å². The maximum absolute atomic E-state index is 11.9. The standard InChI is InChI=1S/C15H18N4O/c20-15(18-13-4-2-1-3-5-13)10-19-9-14(17-11-19)8-16-12-6-7-12/h1-5,9,11-12,16H,6-8,10H2,(H,18,20). The monoisotopic (exact) mass is 270 g/mol. The Morgan fingerprint density at radius 1 is 1.30 bits per heavy atom. The van der Waals surface area contributed by atoms with E-state index in [-0.39, 0.29) is 12.5 Å². The summed E-state index contributed by atoms with van der Waals surface area (Å²) in [4.78, 5) is 16.2. The Kier molecular flexibility index (Phi) is 3.78. The normalized spacial score (nSPS) is 14.2. The van der Waals surface area contributed by atoms with Crippen molar-refractivity contribution in [1.29, 1.82) is 0 Å². The molecule has 1 amide bonds. The molecule has 0 unspecified atom stereocenters. The zero-order valence-corrected chi connectivity index (χ0v) is 11.2. The van der Waals surface area contributed by atoms with Crippen LogP contribution in [-0.4, -0.2) is 21.5 Å². The van der Waals surface area contributed by atoms with Gasteiger partial charge in [-0.3, -0.25) is 4.79 Å². The van der Waals surface area contributed by atoms with Crippen LogP contribution < -0.4 is 10.6 Å². The van der Waals surface area contributed by atoms with Crippen LogP contribution in [0.4, 0.5) is 5.69 Å². The average molecular weight is 270 g/mol. The van der Waals surface area contributed by atoms with Gasteiger partial charge in [0.1, 0.15) is 6.54 Å². The molecule has 2 aromatic rings. The third kappa shape index (κ3) is 3.68. The van der Waals surface area contributed by atoms with Crippen molar-refractivity contribution in [2.75, 3.05) is 5.32 Å². The fourth-order valence-corrected chi connectivity index (χ4v) is 2.01. The number of hydrogen-bond donors (Lipinski definition) is 2. The number of hydrogen-bond acceptors (Lipinski definition) is 3. The van der Waals surface area contributed by atoms with E-state index in [2.05, 4.69) is 15.6 Å². The molecule has 1 aromatic heterocycles. The highest BCUT2D eigenvalue weighted by atomic mass is 16.1. The molecule has 1 aliphatic carbocycles. The van der Waals surface area contributed by atoms with Gasteiger partial charge in [-0.2, -0.15) is 0 Å². The van der Waals surface area contributed by atoms with Gasteiger partial charge < -0.3 is 15.2 Å². The van der Waals surface area contributed by atoms with Gasteiger partial charge >= 0.3 is 0 Å². The molecule has 5 nitrogen and oxygen atoms in total. The lowest BCUT2D eigenvalue weighted by molar-refractivity contribution is -0.116. The minimum Gasteiger partial charge on any atom is -0.328 e. The van der Waals surface area contributed by atoms with Crippen molar-refractivity contribution >= 4 is 11.6 Å². The second-order valence-corrected chi connectivity index (χ2v) is 5.11. The topological polar surface area (TPSA) is 59.0 Å². The number of aromatic nitrogens is 2. The quantitative estimate of drug-likeness (QED) is 0.841. The predicted octanol–water partition coefficient (Wildman–Crippen LogP) is 1.77. The van der Waals surface area contributed by atoms with Crippen molar-refractivity contribution in [2.45, 2.75) is 32.0 Å². The number of nitrogens with one attached hydrogen (secondary N) is 2. The summed E-state index contributed by atoms with van der Waals surface area (Å²) in [6.45, 7) is 1.06. The van der Waals surface area contributed by atoms with Crippen molar-refractivity contribution in [3.05, 3.63) is 48.5 Å². The Bertz CT molecular complexity index is 575. The maximum atomic E-state index is 11.9. The summed E-state index contributed by atoms with van der Waals surface area (Å²) in [5, 5.41) is 6.26. The molecule has 5 heteroatoms. The number of para-hydroxylation sites is 1. The highest BCUT2D eigenvalue weighted by Crippen LogP contribution is 2.18. The molecule has 1 fully saturated rings. The number of anilines is 1. The smallest absolute Gasteiger partial charge is 0.244 e. The number of rotatable bonds is 6. The van der Waals surface area contributed by atoms with Gasteiger partial charge in [0.2, 0.25) is 5.91 Å². The van der Waals surface area contributed by atoms with E-state index >= 15 is 0 Å². The van der Waals surface area contributed by atoms with Crippen molar-refractivity contribution in [2.24, 2.45) is 0 Å². The van der Waals surface area contributed by atoms with E-state index in [0.717, 1.165) is 17.9 Å². The van der Waals surface area contributed by atoms with E-state index in [1.165, 1.54) is 12.8 Å². The Morgan fingerprint density at radius 3 is 2.85 bits per heavy atom.